The molecule has 2 heterocycles. The van der Waals surface area contributed by atoms with E-state index in [0.29, 0.717) is 17.6 Å². The maximum absolute atomic E-state index is 6.03. The number of hydrogen-bond acceptors (Lipinski definition) is 6. The Morgan fingerprint density at radius 3 is 2.59 bits per heavy atom. The highest BCUT2D eigenvalue weighted by Crippen LogP contribution is 2.22. The lowest BCUT2D eigenvalue weighted by Gasteiger charge is -2.10. The predicted molar refractivity (Wildman–Crippen MR) is 104 cm³/mol. The molecule has 27 heavy (non-hydrogen) atoms. The molecule has 0 saturated heterocycles. The number of aromatic nitrogens is 4. The minimum Gasteiger partial charge on any atom is -0.383 e. The molecule has 8 heteroatoms. The van der Waals surface area contributed by atoms with Crippen molar-refractivity contribution >= 4 is 34.0 Å². The fraction of sp³-hybridized carbons (Fsp3) is 0.105. The van der Waals surface area contributed by atoms with Crippen molar-refractivity contribution in [2.45, 2.75) is 6.92 Å². The van der Waals surface area contributed by atoms with Gasteiger partial charge in [-0.05, 0) is 31.2 Å². The predicted octanol–water partition coefficient (Wildman–Crippen LogP) is 2.21. The molecule has 0 amide bonds. The van der Waals surface area contributed by atoms with Crippen LogP contribution in [-0.4, -0.2) is 26.6 Å². The first-order valence-corrected chi connectivity index (χ1v) is 8.46. The summed E-state index contributed by atoms with van der Waals surface area (Å²) in [5.74, 6) is 2.27. The van der Waals surface area contributed by atoms with E-state index in [4.69, 9.17) is 10.6 Å². The zero-order valence-electron chi connectivity index (χ0n) is 15.0. The Bertz CT molecular complexity index is 1090. The molecule has 0 spiro atoms. The summed E-state index contributed by atoms with van der Waals surface area (Å²) in [5, 5.41) is 3.26. The summed E-state index contributed by atoms with van der Waals surface area (Å²) in [5.41, 5.74) is 11.4. The SMILES string of the molecule is CO[NH2+]c1ccc(Nc2cc(N)nc(-n3c(C)nc4ccccc43)n2)cc1. The van der Waals surface area contributed by atoms with Gasteiger partial charge in [0.1, 0.15) is 17.5 Å². The second-order valence-electron chi connectivity index (χ2n) is 6.06. The van der Waals surface area contributed by atoms with Crippen molar-refractivity contribution < 1.29 is 10.3 Å². The van der Waals surface area contributed by atoms with Crippen LogP contribution in [0.2, 0.25) is 0 Å². The summed E-state index contributed by atoms with van der Waals surface area (Å²) >= 11 is 0. The Morgan fingerprint density at radius 2 is 1.81 bits per heavy atom. The summed E-state index contributed by atoms with van der Waals surface area (Å²) < 4.78 is 1.90. The minimum absolute atomic E-state index is 0.379. The average Bonchev–Trinajstić information content (AvgIpc) is 2.99. The van der Waals surface area contributed by atoms with Gasteiger partial charge in [0, 0.05) is 23.9 Å². The monoisotopic (exact) mass is 362 g/mol. The lowest BCUT2D eigenvalue weighted by atomic mass is 10.3. The summed E-state index contributed by atoms with van der Waals surface area (Å²) in [6, 6.07) is 17.4. The quantitative estimate of drug-likeness (QED) is 0.371. The normalized spacial score (nSPS) is 11.0. The number of nitrogens with one attached hydrogen (secondary N) is 1. The van der Waals surface area contributed by atoms with E-state index in [-0.39, 0.29) is 0 Å². The molecule has 2 aromatic carbocycles. The van der Waals surface area contributed by atoms with E-state index in [2.05, 4.69) is 20.3 Å². The number of fused-ring (bicyclic) bond motifs is 1. The topological polar surface area (TPSA) is 107 Å². The van der Waals surface area contributed by atoms with Gasteiger partial charge in [-0.1, -0.05) is 12.1 Å². The van der Waals surface area contributed by atoms with Gasteiger partial charge in [-0.25, -0.2) is 9.82 Å². The third-order valence-corrected chi connectivity index (χ3v) is 4.10. The maximum atomic E-state index is 6.03. The van der Waals surface area contributed by atoms with Gasteiger partial charge < -0.3 is 11.1 Å². The summed E-state index contributed by atoms with van der Waals surface area (Å²) in [6.07, 6.45) is 0. The van der Waals surface area contributed by atoms with Gasteiger partial charge in [0.15, 0.2) is 5.69 Å². The van der Waals surface area contributed by atoms with Gasteiger partial charge >= 0.3 is 0 Å². The molecule has 4 aromatic rings. The molecule has 5 N–H and O–H groups in total. The molecule has 136 valence electrons. The Kier molecular flexibility index (Phi) is 4.41. The Balaban J connectivity index is 1.70. The molecule has 0 fully saturated rings. The van der Waals surface area contributed by atoms with Crippen LogP contribution >= 0.6 is 0 Å². The molecule has 2 aromatic heterocycles. The van der Waals surface area contributed by atoms with E-state index in [9.17, 15) is 0 Å². The largest absolute Gasteiger partial charge is 0.383 e. The van der Waals surface area contributed by atoms with Crippen LogP contribution in [0.15, 0.2) is 54.6 Å². The smallest absolute Gasteiger partial charge is 0.239 e. The van der Waals surface area contributed by atoms with Gasteiger partial charge in [0.05, 0.1) is 18.1 Å². The van der Waals surface area contributed by atoms with Crippen molar-refractivity contribution in [3.8, 4) is 5.95 Å². The van der Waals surface area contributed by atoms with Gasteiger partial charge in [-0.2, -0.15) is 15.4 Å². The second kappa shape index (κ2) is 7.02. The highest BCUT2D eigenvalue weighted by atomic mass is 16.6. The lowest BCUT2D eigenvalue weighted by Crippen LogP contribution is -2.75. The van der Waals surface area contributed by atoms with Crippen molar-refractivity contribution in [2.75, 3.05) is 18.2 Å². The molecular formula is C19H20N7O+. The van der Waals surface area contributed by atoms with Crippen molar-refractivity contribution in [3.05, 3.63) is 60.4 Å². The molecule has 4 rings (SSSR count). The number of benzene rings is 2. The van der Waals surface area contributed by atoms with Crippen molar-refractivity contribution in [1.29, 1.82) is 0 Å². The second-order valence-corrected chi connectivity index (χ2v) is 6.06. The van der Waals surface area contributed by atoms with Crippen LogP contribution in [0, 0.1) is 6.92 Å². The highest BCUT2D eigenvalue weighted by molar-refractivity contribution is 5.77. The molecular weight excluding hydrogens is 342 g/mol. The molecule has 0 aliphatic carbocycles. The van der Waals surface area contributed by atoms with Crippen LogP contribution in [0.4, 0.5) is 23.0 Å². The van der Waals surface area contributed by atoms with E-state index in [0.717, 1.165) is 28.2 Å². The summed E-state index contributed by atoms with van der Waals surface area (Å²) in [4.78, 5) is 18.6. The average molecular weight is 362 g/mol. The molecule has 0 bridgehead atoms. The first-order chi connectivity index (χ1) is 13.1. The van der Waals surface area contributed by atoms with E-state index in [1.54, 1.807) is 18.7 Å². The van der Waals surface area contributed by atoms with Crippen molar-refractivity contribution in [2.24, 2.45) is 0 Å². The van der Waals surface area contributed by atoms with E-state index < -0.39 is 0 Å². The van der Waals surface area contributed by atoms with Gasteiger partial charge in [-0.15, -0.1) is 0 Å². The van der Waals surface area contributed by atoms with Crippen LogP contribution in [-0.2, 0) is 4.84 Å². The van der Waals surface area contributed by atoms with Crippen LogP contribution in [0.5, 0.6) is 0 Å². The number of anilines is 3. The van der Waals surface area contributed by atoms with E-state index in [1.807, 2.05) is 60.0 Å². The Morgan fingerprint density at radius 1 is 1.04 bits per heavy atom. The number of imidazole rings is 1. The zero-order valence-corrected chi connectivity index (χ0v) is 15.0. The first kappa shape index (κ1) is 17.0. The third-order valence-electron chi connectivity index (χ3n) is 4.10. The molecule has 0 aliphatic heterocycles. The number of quaternary nitrogens is 1. The number of aryl methyl sites for hydroxylation is 1. The fourth-order valence-electron chi connectivity index (χ4n) is 2.94. The lowest BCUT2D eigenvalue weighted by molar-refractivity contribution is -0.830. The molecule has 0 saturated carbocycles. The fourth-order valence-corrected chi connectivity index (χ4v) is 2.94. The van der Waals surface area contributed by atoms with Crippen molar-refractivity contribution in [3.63, 3.8) is 0 Å². The number of nitrogens with two attached hydrogens (primary N) is 2. The number of rotatable bonds is 5. The minimum atomic E-state index is 0.379. The number of hydrogen-bond donors (Lipinski definition) is 3. The van der Waals surface area contributed by atoms with Gasteiger partial charge in [0.2, 0.25) is 5.95 Å². The number of nitrogens with zero attached hydrogens (tertiary/aromatic N) is 4. The molecule has 0 unspecified atom stereocenters. The van der Waals surface area contributed by atoms with Gasteiger partial charge in [-0.3, -0.25) is 4.57 Å². The van der Waals surface area contributed by atoms with Crippen LogP contribution in [0.3, 0.4) is 0 Å². The first-order valence-electron chi connectivity index (χ1n) is 8.46. The summed E-state index contributed by atoms with van der Waals surface area (Å²) in [7, 11) is 1.62. The van der Waals surface area contributed by atoms with Crippen LogP contribution < -0.4 is 16.5 Å². The number of para-hydroxylation sites is 2. The van der Waals surface area contributed by atoms with Gasteiger partial charge in [0.25, 0.3) is 0 Å². The Hall–Kier alpha value is -3.49. The molecule has 8 nitrogen and oxygen atoms in total. The van der Waals surface area contributed by atoms with E-state index in [1.165, 1.54) is 0 Å². The third kappa shape index (κ3) is 3.43. The summed E-state index contributed by atoms with van der Waals surface area (Å²) in [6.45, 7) is 1.92. The van der Waals surface area contributed by atoms with Crippen LogP contribution in [0.1, 0.15) is 5.82 Å². The molecule has 0 atom stereocenters. The highest BCUT2D eigenvalue weighted by Gasteiger charge is 2.13. The maximum Gasteiger partial charge on any atom is 0.239 e. The standard InChI is InChI=1S/C19H19N7O/c1-12-21-15-5-3-4-6-16(15)26(12)19-23-17(20)11-18(24-19)22-13-7-9-14(10-8-13)25-27-2/h3-11,25H,1-2H3,(H3,20,22,23,24)/p+1. The van der Waals surface area contributed by atoms with Crippen molar-refractivity contribution in [1.82, 2.24) is 19.5 Å². The molecule has 0 radical (unpaired) electrons. The molecule has 0 aliphatic rings. The Labute approximate surface area is 156 Å². The zero-order chi connectivity index (χ0) is 18.8. The van der Waals surface area contributed by atoms with Crippen LogP contribution in [0.25, 0.3) is 17.0 Å². The number of nitrogen functional groups attached to an aromatic ring is 1. The van der Waals surface area contributed by atoms with E-state index >= 15 is 0 Å².